The molecule has 11 aromatic rings. The molecule has 0 fully saturated rings. The van der Waals surface area contributed by atoms with Gasteiger partial charge in [0.15, 0.2) is 0 Å². The molecule has 0 unspecified atom stereocenters. The van der Waals surface area contributed by atoms with Crippen molar-refractivity contribution < 1.29 is 0 Å². The maximum Gasteiger partial charge on any atom is 0.0713 e. The highest BCUT2D eigenvalue weighted by Gasteiger charge is 2.45. The standard InChI is InChI=1S/C61H40S/c1-4-17-41(18-5-1)43-21-14-23-45(35-43)47-33-34-59-55(38-47)56-40-49(46-24-15-22-44(36-46)42-19-6-2-7-20-42)39-54(60(56)62-59)48-25-16-28-51(37-48)61(50-26-8-3-9-27-50)57-31-12-10-29-52(57)53-30-11-13-32-58(53)61/h1-40H. The van der Waals surface area contributed by atoms with E-state index in [9.17, 15) is 0 Å². The molecule has 0 saturated carbocycles. The third-order valence-electron chi connectivity index (χ3n) is 12.9. The van der Waals surface area contributed by atoms with Crippen molar-refractivity contribution in [3.05, 3.63) is 265 Å². The lowest BCUT2D eigenvalue weighted by molar-refractivity contribution is 0.769. The van der Waals surface area contributed by atoms with Crippen LogP contribution in [0, 0.1) is 0 Å². The van der Waals surface area contributed by atoms with Gasteiger partial charge in [0.05, 0.1) is 5.41 Å². The van der Waals surface area contributed by atoms with Crippen molar-refractivity contribution in [2.24, 2.45) is 0 Å². The van der Waals surface area contributed by atoms with Gasteiger partial charge < -0.3 is 0 Å². The Morgan fingerprint density at radius 3 is 1.34 bits per heavy atom. The SMILES string of the molecule is c1ccc(-c2cccc(-c3ccc4sc5c(-c6cccc(C7(c8ccccc8)c8ccccc8-c8ccccc87)c6)cc(-c6cccc(-c7ccccc7)c6)cc5c4c3)c2)cc1. The van der Waals surface area contributed by atoms with Crippen LogP contribution in [0.5, 0.6) is 0 Å². The summed E-state index contributed by atoms with van der Waals surface area (Å²) in [6.07, 6.45) is 0. The first kappa shape index (κ1) is 36.3. The van der Waals surface area contributed by atoms with Crippen molar-refractivity contribution in [3.8, 4) is 66.8 Å². The first-order valence-electron chi connectivity index (χ1n) is 21.4. The van der Waals surface area contributed by atoms with E-state index in [1.807, 2.05) is 11.3 Å². The minimum Gasteiger partial charge on any atom is -0.135 e. The molecule has 0 radical (unpaired) electrons. The number of benzene rings is 10. The molecular weight excluding hydrogens is 765 g/mol. The second kappa shape index (κ2) is 14.9. The van der Waals surface area contributed by atoms with E-state index in [-0.39, 0.29) is 0 Å². The van der Waals surface area contributed by atoms with E-state index in [2.05, 4.69) is 243 Å². The van der Waals surface area contributed by atoms with Gasteiger partial charge in [0.2, 0.25) is 0 Å². The van der Waals surface area contributed by atoms with Crippen LogP contribution in [0.2, 0.25) is 0 Å². The molecule has 1 aliphatic carbocycles. The van der Waals surface area contributed by atoms with E-state index in [0.717, 1.165) is 0 Å². The molecule has 0 aliphatic heterocycles. The Balaban J connectivity index is 1.09. The third kappa shape index (κ3) is 5.89. The van der Waals surface area contributed by atoms with Crippen LogP contribution in [0.25, 0.3) is 86.9 Å². The second-order valence-electron chi connectivity index (χ2n) is 16.4. The van der Waals surface area contributed by atoms with Gasteiger partial charge in [-0.15, -0.1) is 11.3 Å². The van der Waals surface area contributed by atoms with E-state index in [0.29, 0.717) is 0 Å². The normalized spacial score (nSPS) is 12.6. The highest BCUT2D eigenvalue weighted by Crippen LogP contribution is 2.56. The van der Waals surface area contributed by atoms with Gasteiger partial charge in [0, 0.05) is 25.7 Å². The Bertz CT molecular complexity index is 3400. The van der Waals surface area contributed by atoms with Crippen molar-refractivity contribution in [2.75, 3.05) is 0 Å². The van der Waals surface area contributed by atoms with Crippen LogP contribution in [0.3, 0.4) is 0 Å². The molecule has 10 aromatic carbocycles. The molecule has 0 spiro atoms. The van der Waals surface area contributed by atoms with E-state index >= 15 is 0 Å². The van der Waals surface area contributed by atoms with Gasteiger partial charge in [-0.25, -0.2) is 0 Å². The Morgan fingerprint density at radius 2 is 0.710 bits per heavy atom. The van der Waals surface area contributed by atoms with Crippen LogP contribution in [-0.4, -0.2) is 0 Å². The number of hydrogen-bond donors (Lipinski definition) is 0. The van der Waals surface area contributed by atoms with Gasteiger partial charge in [0.25, 0.3) is 0 Å². The van der Waals surface area contributed by atoms with Gasteiger partial charge in [-0.2, -0.15) is 0 Å². The molecule has 0 amide bonds. The zero-order valence-corrected chi connectivity index (χ0v) is 34.8. The minimum atomic E-state index is -0.478. The van der Waals surface area contributed by atoms with Gasteiger partial charge in [-0.05, 0) is 126 Å². The molecule has 290 valence electrons. The number of thiophene rings is 1. The van der Waals surface area contributed by atoms with Crippen molar-refractivity contribution in [1.82, 2.24) is 0 Å². The lowest BCUT2D eigenvalue weighted by atomic mass is 9.67. The molecular formula is C61H40S. The summed E-state index contributed by atoms with van der Waals surface area (Å²) in [7, 11) is 0. The summed E-state index contributed by atoms with van der Waals surface area (Å²) >= 11 is 1.90. The summed E-state index contributed by atoms with van der Waals surface area (Å²) in [5.74, 6) is 0. The van der Waals surface area contributed by atoms with Crippen LogP contribution in [-0.2, 0) is 5.41 Å². The maximum atomic E-state index is 2.48. The quantitative estimate of drug-likeness (QED) is 0.151. The fourth-order valence-corrected chi connectivity index (χ4v) is 11.3. The van der Waals surface area contributed by atoms with Gasteiger partial charge >= 0.3 is 0 Å². The Hall–Kier alpha value is -7.58. The van der Waals surface area contributed by atoms with Crippen LogP contribution in [0.4, 0.5) is 0 Å². The average molecular weight is 805 g/mol. The van der Waals surface area contributed by atoms with Crippen molar-refractivity contribution in [1.29, 1.82) is 0 Å². The fraction of sp³-hybridized carbons (Fsp3) is 0.0164. The van der Waals surface area contributed by atoms with Gasteiger partial charge in [-0.1, -0.05) is 200 Å². The summed E-state index contributed by atoms with van der Waals surface area (Å²) < 4.78 is 2.59. The largest absolute Gasteiger partial charge is 0.135 e. The second-order valence-corrected chi connectivity index (χ2v) is 17.4. The predicted molar refractivity (Wildman–Crippen MR) is 264 cm³/mol. The highest BCUT2D eigenvalue weighted by molar-refractivity contribution is 7.26. The van der Waals surface area contributed by atoms with Crippen molar-refractivity contribution in [2.45, 2.75) is 5.41 Å². The Kier molecular flexibility index (Phi) is 8.69. The molecule has 1 heteroatoms. The smallest absolute Gasteiger partial charge is 0.0713 e. The van der Waals surface area contributed by atoms with Crippen LogP contribution < -0.4 is 0 Å². The minimum absolute atomic E-state index is 0.478. The molecule has 1 aromatic heterocycles. The maximum absolute atomic E-state index is 2.48. The summed E-state index contributed by atoms with van der Waals surface area (Å²) in [6.45, 7) is 0. The molecule has 0 bridgehead atoms. The van der Waals surface area contributed by atoms with Crippen LogP contribution in [0.1, 0.15) is 22.3 Å². The predicted octanol–water partition coefficient (Wildman–Crippen LogP) is 16.8. The van der Waals surface area contributed by atoms with E-state index in [1.165, 1.54) is 109 Å². The summed E-state index contributed by atoms with van der Waals surface area (Å²) in [5, 5.41) is 2.56. The number of fused-ring (bicyclic) bond motifs is 6. The third-order valence-corrected chi connectivity index (χ3v) is 14.2. The summed E-state index contributed by atoms with van der Waals surface area (Å²) in [5.41, 5.74) is 19.5. The molecule has 0 nitrogen and oxygen atoms in total. The van der Waals surface area contributed by atoms with Gasteiger partial charge in [-0.3, -0.25) is 0 Å². The lowest BCUT2D eigenvalue weighted by Crippen LogP contribution is -2.28. The molecule has 62 heavy (non-hydrogen) atoms. The zero-order chi connectivity index (χ0) is 41.0. The fourth-order valence-electron chi connectivity index (χ4n) is 10.1. The molecule has 0 N–H and O–H groups in total. The van der Waals surface area contributed by atoms with Crippen molar-refractivity contribution in [3.63, 3.8) is 0 Å². The van der Waals surface area contributed by atoms with E-state index < -0.39 is 5.41 Å². The topological polar surface area (TPSA) is 0 Å². The molecule has 0 saturated heterocycles. The summed E-state index contributed by atoms with van der Waals surface area (Å²) in [6, 6.07) is 89.8. The lowest BCUT2D eigenvalue weighted by Gasteiger charge is -2.34. The van der Waals surface area contributed by atoms with Crippen LogP contribution in [0.15, 0.2) is 243 Å². The molecule has 1 aliphatic rings. The Morgan fingerprint density at radius 1 is 0.258 bits per heavy atom. The average Bonchev–Trinajstić information content (AvgIpc) is 3.88. The molecule has 0 atom stereocenters. The van der Waals surface area contributed by atoms with Crippen LogP contribution >= 0.6 is 11.3 Å². The van der Waals surface area contributed by atoms with Gasteiger partial charge in [0.1, 0.15) is 0 Å². The Labute approximate surface area is 366 Å². The number of hydrogen-bond acceptors (Lipinski definition) is 1. The number of rotatable bonds is 7. The zero-order valence-electron chi connectivity index (χ0n) is 34.0. The first-order valence-corrected chi connectivity index (χ1v) is 22.2. The van der Waals surface area contributed by atoms with Crippen molar-refractivity contribution >= 4 is 31.5 Å². The summed E-state index contributed by atoms with van der Waals surface area (Å²) in [4.78, 5) is 0. The van der Waals surface area contributed by atoms with E-state index in [4.69, 9.17) is 0 Å². The van der Waals surface area contributed by atoms with E-state index in [1.54, 1.807) is 0 Å². The monoisotopic (exact) mass is 804 g/mol. The molecule has 1 heterocycles. The molecule has 12 rings (SSSR count). The highest BCUT2D eigenvalue weighted by atomic mass is 32.1. The first-order chi connectivity index (χ1) is 30.7.